The van der Waals surface area contributed by atoms with Crippen LogP contribution in [0.1, 0.15) is 19.8 Å². The lowest BCUT2D eigenvalue weighted by atomic mass is 10.2. The van der Waals surface area contributed by atoms with Crippen LogP contribution in [0, 0.1) is 0 Å². The molecule has 0 fully saturated rings. The molecule has 0 spiro atoms. The van der Waals surface area contributed by atoms with Gasteiger partial charge in [-0.15, -0.1) is 0 Å². The fourth-order valence-corrected chi connectivity index (χ4v) is 2.82. The van der Waals surface area contributed by atoms with Gasteiger partial charge in [-0.2, -0.15) is 15.0 Å². The van der Waals surface area contributed by atoms with E-state index in [-0.39, 0.29) is 0 Å². The highest BCUT2D eigenvalue weighted by Gasteiger charge is 2.06. The molecule has 0 aromatic carbocycles. The molecule has 0 radical (unpaired) electrons. The second-order valence-corrected chi connectivity index (χ2v) is 5.87. The molecular formula is C11H17N3S3. The topological polar surface area (TPSA) is 38.7 Å². The molecule has 1 aromatic heterocycles. The zero-order chi connectivity index (χ0) is 12.7. The largest absolute Gasteiger partial charge is 0.196 e. The zero-order valence-electron chi connectivity index (χ0n) is 10.4. The van der Waals surface area contributed by atoms with Gasteiger partial charge in [0.05, 0.1) is 0 Å². The summed E-state index contributed by atoms with van der Waals surface area (Å²) >= 11 is 4.73. The number of nitrogens with zero attached hydrogens (tertiary/aromatic N) is 3. The zero-order valence-corrected chi connectivity index (χ0v) is 12.8. The number of hydrogen-bond acceptors (Lipinski definition) is 6. The minimum Gasteiger partial charge on any atom is -0.196 e. The Kier molecular flexibility index (Phi) is 6.99. The van der Waals surface area contributed by atoms with Gasteiger partial charge in [0.1, 0.15) is 0 Å². The van der Waals surface area contributed by atoms with E-state index in [0.717, 1.165) is 34.1 Å². The minimum atomic E-state index is 0.785. The van der Waals surface area contributed by atoms with Crippen molar-refractivity contribution in [3.63, 3.8) is 0 Å². The Morgan fingerprint density at radius 1 is 1.06 bits per heavy atom. The highest BCUT2D eigenvalue weighted by Crippen LogP contribution is 2.22. The fraction of sp³-hybridized carbons (Fsp3) is 0.545. The van der Waals surface area contributed by atoms with Crippen LogP contribution in [0.4, 0.5) is 0 Å². The molecule has 0 atom stereocenters. The first-order valence-corrected chi connectivity index (χ1v) is 8.76. The maximum absolute atomic E-state index is 4.38. The molecule has 0 aliphatic carbocycles. The summed E-state index contributed by atoms with van der Waals surface area (Å²) in [7, 11) is 0. The Hall–Kier alpha value is -0.200. The van der Waals surface area contributed by atoms with E-state index in [0.29, 0.717) is 0 Å². The molecule has 1 rings (SSSR count). The first kappa shape index (κ1) is 14.9. The molecule has 0 aliphatic rings. The molecule has 0 unspecified atom stereocenters. The third-order valence-corrected chi connectivity index (χ3v) is 4.04. The summed E-state index contributed by atoms with van der Waals surface area (Å²) in [5.41, 5.74) is 1.24. The van der Waals surface area contributed by atoms with Gasteiger partial charge in [-0.05, 0) is 18.9 Å². The summed E-state index contributed by atoms with van der Waals surface area (Å²) in [5.74, 6) is 0.888. The van der Waals surface area contributed by atoms with Crippen LogP contribution >= 0.6 is 35.3 Å². The van der Waals surface area contributed by atoms with Gasteiger partial charge in [0.15, 0.2) is 15.5 Å². The second-order valence-electron chi connectivity index (χ2n) is 3.38. The predicted octanol–water partition coefficient (Wildman–Crippen LogP) is 3.76. The molecule has 0 amide bonds. The van der Waals surface area contributed by atoms with E-state index in [2.05, 4.69) is 28.5 Å². The molecule has 0 aliphatic heterocycles. The van der Waals surface area contributed by atoms with Crippen LogP contribution in [0.25, 0.3) is 0 Å². The Morgan fingerprint density at radius 2 is 1.59 bits per heavy atom. The van der Waals surface area contributed by atoms with Crippen LogP contribution < -0.4 is 0 Å². The lowest BCUT2D eigenvalue weighted by Crippen LogP contribution is -1.97. The van der Waals surface area contributed by atoms with E-state index in [9.17, 15) is 0 Å². The first-order valence-electron chi connectivity index (χ1n) is 5.33. The maximum Gasteiger partial charge on any atom is 0.192 e. The highest BCUT2D eigenvalue weighted by atomic mass is 32.2. The van der Waals surface area contributed by atoms with Gasteiger partial charge in [-0.25, -0.2) is 0 Å². The van der Waals surface area contributed by atoms with Crippen molar-refractivity contribution in [2.45, 2.75) is 35.2 Å². The van der Waals surface area contributed by atoms with Gasteiger partial charge < -0.3 is 0 Å². The minimum absolute atomic E-state index is 0.785. The standard InChI is InChI=1S/C11H17N3S3/c1-5-6-8(2)7-17-11-13-9(15-3)12-10(14-11)16-4/h2,5-7H2,1,3-4H3. The van der Waals surface area contributed by atoms with Crippen LogP contribution in [-0.4, -0.2) is 33.2 Å². The van der Waals surface area contributed by atoms with Crippen molar-refractivity contribution in [3.05, 3.63) is 12.2 Å². The smallest absolute Gasteiger partial charge is 0.192 e. The molecule has 0 saturated carbocycles. The predicted molar refractivity (Wildman–Crippen MR) is 78.2 cm³/mol. The third kappa shape index (κ3) is 5.31. The monoisotopic (exact) mass is 287 g/mol. The van der Waals surface area contributed by atoms with Crippen LogP contribution in [0.3, 0.4) is 0 Å². The normalized spacial score (nSPS) is 10.5. The summed E-state index contributed by atoms with van der Waals surface area (Å²) in [6.07, 6.45) is 6.17. The van der Waals surface area contributed by atoms with Crippen molar-refractivity contribution in [3.8, 4) is 0 Å². The van der Waals surface area contributed by atoms with Crippen LogP contribution in [0.2, 0.25) is 0 Å². The molecule has 1 aromatic rings. The fourth-order valence-electron chi connectivity index (χ4n) is 1.16. The second kappa shape index (κ2) is 8.00. The van der Waals surface area contributed by atoms with E-state index in [1.165, 1.54) is 5.57 Å². The van der Waals surface area contributed by atoms with Gasteiger partial charge in [0.2, 0.25) is 0 Å². The average molecular weight is 287 g/mol. The van der Waals surface area contributed by atoms with Gasteiger partial charge in [0, 0.05) is 5.75 Å². The molecule has 6 heteroatoms. The molecular weight excluding hydrogens is 270 g/mol. The molecule has 3 nitrogen and oxygen atoms in total. The van der Waals surface area contributed by atoms with E-state index >= 15 is 0 Å². The third-order valence-electron chi connectivity index (χ3n) is 1.95. The SMILES string of the molecule is C=C(CCC)CSc1nc(SC)nc(SC)n1. The van der Waals surface area contributed by atoms with Crippen LogP contribution in [0.5, 0.6) is 0 Å². The van der Waals surface area contributed by atoms with Gasteiger partial charge in [0.25, 0.3) is 0 Å². The molecule has 94 valence electrons. The number of rotatable bonds is 7. The number of thioether (sulfide) groups is 3. The summed E-state index contributed by atoms with van der Waals surface area (Å²) in [6.45, 7) is 6.21. The Labute approximate surface area is 116 Å². The maximum atomic E-state index is 4.38. The van der Waals surface area contributed by atoms with Crippen LogP contribution in [0.15, 0.2) is 27.6 Å². The Balaban J connectivity index is 2.66. The van der Waals surface area contributed by atoms with E-state index in [1.54, 1.807) is 35.3 Å². The summed E-state index contributed by atoms with van der Waals surface area (Å²) in [4.78, 5) is 13.1. The Bertz CT molecular complexity index is 360. The summed E-state index contributed by atoms with van der Waals surface area (Å²) in [5, 5.41) is 2.37. The van der Waals surface area contributed by atoms with Crippen molar-refractivity contribution < 1.29 is 0 Å². The average Bonchev–Trinajstić information content (AvgIpc) is 2.36. The molecule has 1 heterocycles. The van der Waals surface area contributed by atoms with Crippen molar-refractivity contribution in [2.75, 3.05) is 18.3 Å². The lowest BCUT2D eigenvalue weighted by Gasteiger charge is -2.05. The summed E-state index contributed by atoms with van der Waals surface area (Å²) < 4.78 is 0. The van der Waals surface area contributed by atoms with Gasteiger partial charge in [-0.3, -0.25) is 0 Å². The number of aromatic nitrogens is 3. The van der Waals surface area contributed by atoms with E-state index in [1.807, 2.05) is 12.5 Å². The lowest BCUT2D eigenvalue weighted by molar-refractivity contribution is 0.719. The molecule has 0 bridgehead atoms. The van der Waals surface area contributed by atoms with Crippen molar-refractivity contribution in [1.82, 2.24) is 15.0 Å². The number of hydrogen-bond donors (Lipinski definition) is 0. The first-order chi connectivity index (χ1) is 8.19. The Morgan fingerprint density at radius 3 is 2.06 bits per heavy atom. The van der Waals surface area contributed by atoms with Crippen molar-refractivity contribution in [1.29, 1.82) is 0 Å². The quantitative estimate of drug-likeness (QED) is 0.561. The molecule has 0 N–H and O–H groups in total. The summed E-state index contributed by atoms with van der Waals surface area (Å²) in [6, 6.07) is 0. The van der Waals surface area contributed by atoms with Gasteiger partial charge >= 0.3 is 0 Å². The molecule has 17 heavy (non-hydrogen) atoms. The van der Waals surface area contributed by atoms with Gasteiger partial charge in [-0.1, -0.05) is 60.8 Å². The van der Waals surface area contributed by atoms with E-state index in [4.69, 9.17) is 0 Å². The highest BCUT2D eigenvalue weighted by molar-refractivity contribution is 8.00. The van der Waals surface area contributed by atoms with Crippen molar-refractivity contribution >= 4 is 35.3 Å². The van der Waals surface area contributed by atoms with E-state index < -0.39 is 0 Å². The molecule has 0 saturated heterocycles. The van der Waals surface area contributed by atoms with Crippen molar-refractivity contribution in [2.24, 2.45) is 0 Å². The van der Waals surface area contributed by atoms with Crippen LogP contribution in [-0.2, 0) is 0 Å².